The summed E-state index contributed by atoms with van der Waals surface area (Å²) in [7, 11) is 1.48. The smallest absolute Gasteiger partial charge is 0.273 e. The zero-order valence-corrected chi connectivity index (χ0v) is 19.4. The molecule has 3 aromatic carbocycles. The molecule has 172 valence electrons. The average molecular weight is 524 g/mol. The van der Waals surface area contributed by atoms with Gasteiger partial charge in [0.25, 0.3) is 11.6 Å². The number of ether oxygens (including phenoxy) is 2. The molecule has 0 bridgehead atoms. The number of hydrogen-bond donors (Lipinski definition) is 2. The van der Waals surface area contributed by atoms with E-state index in [1.54, 1.807) is 24.3 Å². The van der Waals surface area contributed by atoms with Crippen LogP contribution < -0.4 is 14.8 Å². The Balaban J connectivity index is 1.75. The second kappa shape index (κ2) is 11.0. The number of carbonyl (C=O) groups is 1. The highest BCUT2D eigenvalue weighted by molar-refractivity contribution is 9.10. The third kappa shape index (κ3) is 6.11. The number of phenols is 1. The van der Waals surface area contributed by atoms with Crippen LogP contribution in [0.15, 0.2) is 70.7 Å². The largest absolute Gasteiger partial charge is 0.506 e. The summed E-state index contributed by atoms with van der Waals surface area (Å²) in [5.74, 6) is -0.382. The maximum Gasteiger partial charge on any atom is 0.273 e. The summed E-state index contributed by atoms with van der Waals surface area (Å²) in [6.45, 7) is 0.323. The van der Waals surface area contributed by atoms with Crippen LogP contribution in [0.2, 0.25) is 0 Å². The number of amides is 1. The molecular formula is C24H18BrN3O6. The van der Waals surface area contributed by atoms with Crippen LogP contribution in [0, 0.1) is 21.4 Å². The minimum Gasteiger partial charge on any atom is -0.506 e. The van der Waals surface area contributed by atoms with Crippen molar-refractivity contribution in [3.05, 3.63) is 92.0 Å². The van der Waals surface area contributed by atoms with Crippen molar-refractivity contribution in [1.29, 1.82) is 5.26 Å². The van der Waals surface area contributed by atoms with Gasteiger partial charge in [0.05, 0.1) is 23.8 Å². The second-order valence-electron chi connectivity index (χ2n) is 6.91. The summed E-state index contributed by atoms with van der Waals surface area (Å²) < 4.78 is 12.2. The minimum absolute atomic E-state index is 0.0639. The molecule has 0 aromatic heterocycles. The van der Waals surface area contributed by atoms with Gasteiger partial charge in [-0.05, 0) is 47.5 Å². The molecule has 10 heteroatoms. The summed E-state index contributed by atoms with van der Waals surface area (Å²) in [4.78, 5) is 22.6. The Bertz CT molecular complexity index is 1300. The van der Waals surface area contributed by atoms with Gasteiger partial charge in [-0.2, -0.15) is 5.26 Å². The van der Waals surface area contributed by atoms with Crippen LogP contribution in [0.25, 0.3) is 6.08 Å². The number of non-ortho nitro benzene ring substituents is 1. The number of halogens is 1. The number of phenolic OH excluding ortho intramolecular Hbond substituents is 1. The van der Waals surface area contributed by atoms with Crippen LogP contribution in [-0.4, -0.2) is 23.0 Å². The van der Waals surface area contributed by atoms with E-state index in [9.17, 15) is 25.3 Å². The number of nitriles is 1. The molecule has 0 aliphatic heterocycles. The Morgan fingerprint density at radius 2 is 1.91 bits per heavy atom. The van der Waals surface area contributed by atoms with Gasteiger partial charge in [-0.15, -0.1) is 0 Å². The third-order valence-corrected chi connectivity index (χ3v) is 5.14. The minimum atomic E-state index is -0.791. The molecule has 3 aromatic rings. The first kappa shape index (κ1) is 24.3. The van der Waals surface area contributed by atoms with Crippen LogP contribution in [0.5, 0.6) is 17.2 Å². The fourth-order valence-corrected chi connectivity index (χ4v) is 3.14. The van der Waals surface area contributed by atoms with Crippen molar-refractivity contribution in [2.24, 2.45) is 0 Å². The van der Waals surface area contributed by atoms with Crippen LogP contribution in [0.3, 0.4) is 0 Å². The summed E-state index contributed by atoms with van der Waals surface area (Å²) in [6.07, 6.45) is 1.35. The third-order valence-electron chi connectivity index (χ3n) is 4.61. The Hall–Kier alpha value is -4.36. The van der Waals surface area contributed by atoms with Gasteiger partial charge in [0.1, 0.15) is 24.0 Å². The number of nitrogens with zero attached hydrogens (tertiary/aromatic N) is 2. The number of nitro groups is 1. The lowest BCUT2D eigenvalue weighted by molar-refractivity contribution is -0.384. The zero-order valence-electron chi connectivity index (χ0n) is 17.8. The van der Waals surface area contributed by atoms with Crippen LogP contribution in [-0.2, 0) is 11.4 Å². The predicted molar refractivity (Wildman–Crippen MR) is 128 cm³/mol. The van der Waals surface area contributed by atoms with E-state index >= 15 is 0 Å². The number of carbonyl (C=O) groups excluding carboxylic acids is 1. The SMILES string of the molecule is COc1cc(C=C(C#N)C(=O)Nc2ccc([N+](=O)[O-])cc2O)ccc1OCc1ccc(Br)cc1. The molecule has 0 atom stereocenters. The molecule has 0 saturated heterocycles. The number of anilines is 1. The molecule has 0 fully saturated rings. The van der Waals surface area contributed by atoms with Crippen LogP contribution in [0.4, 0.5) is 11.4 Å². The molecule has 0 heterocycles. The number of benzene rings is 3. The van der Waals surface area contributed by atoms with E-state index in [0.717, 1.165) is 22.2 Å². The molecule has 1 amide bonds. The number of aromatic hydroxyl groups is 1. The lowest BCUT2D eigenvalue weighted by Crippen LogP contribution is -2.13. The van der Waals surface area contributed by atoms with Crippen molar-refractivity contribution in [2.75, 3.05) is 12.4 Å². The Morgan fingerprint density at radius 1 is 1.18 bits per heavy atom. The van der Waals surface area contributed by atoms with Crippen LogP contribution >= 0.6 is 15.9 Å². The van der Waals surface area contributed by atoms with E-state index in [1.165, 1.54) is 19.3 Å². The molecule has 0 aliphatic rings. The molecular weight excluding hydrogens is 506 g/mol. The van der Waals surface area contributed by atoms with Gasteiger partial charge >= 0.3 is 0 Å². The van der Waals surface area contributed by atoms with Gasteiger partial charge in [0, 0.05) is 10.5 Å². The van der Waals surface area contributed by atoms with Gasteiger partial charge in [-0.1, -0.05) is 34.1 Å². The van der Waals surface area contributed by atoms with E-state index in [-0.39, 0.29) is 16.9 Å². The van der Waals surface area contributed by atoms with Gasteiger partial charge in [0.15, 0.2) is 11.5 Å². The maximum absolute atomic E-state index is 12.5. The normalized spacial score (nSPS) is 10.8. The fraction of sp³-hybridized carbons (Fsp3) is 0.0833. The summed E-state index contributed by atoms with van der Waals surface area (Å²) in [5.41, 5.74) is 0.829. The maximum atomic E-state index is 12.5. The molecule has 0 aliphatic carbocycles. The molecule has 2 N–H and O–H groups in total. The first-order valence-electron chi connectivity index (χ1n) is 9.76. The van der Waals surface area contributed by atoms with E-state index < -0.39 is 16.6 Å². The first-order chi connectivity index (χ1) is 16.3. The lowest BCUT2D eigenvalue weighted by atomic mass is 10.1. The lowest BCUT2D eigenvalue weighted by Gasteiger charge is -2.12. The van der Waals surface area contributed by atoms with E-state index in [1.807, 2.05) is 24.3 Å². The monoisotopic (exact) mass is 523 g/mol. The van der Waals surface area contributed by atoms with Crippen molar-refractivity contribution < 1.29 is 24.3 Å². The fourth-order valence-electron chi connectivity index (χ4n) is 2.88. The van der Waals surface area contributed by atoms with Crippen LogP contribution in [0.1, 0.15) is 11.1 Å². The van der Waals surface area contributed by atoms with Crippen molar-refractivity contribution in [2.45, 2.75) is 6.61 Å². The van der Waals surface area contributed by atoms with E-state index in [0.29, 0.717) is 23.7 Å². The van der Waals surface area contributed by atoms with E-state index in [2.05, 4.69) is 21.2 Å². The quantitative estimate of drug-likeness (QED) is 0.136. The Morgan fingerprint density at radius 3 is 2.53 bits per heavy atom. The van der Waals surface area contributed by atoms with Gasteiger partial charge < -0.3 is 19.9 Å². The van der Waals surface area contributed by atoms with Gasteiger partial charge in [0.2, 0.25) is 0 Å². The topological polar surface area (TPSA) is 135 Å². The Kier molecular flexibility index (Phi) is 7.84. The molecule has 0 radical (unpaired) electrons. The standard InChI is InChI=1S/C24H18BrN3O6/c1-33-23-11-16(4-9-22(23)34-14-15-2-5-18(25)6-3-15)10-17(13-26)24(30)27-20-8-7-19(28(31)32)12-21(20)29/h2-12,29H,14H2,1H3,(H,27,30). The zero-order chi connectivity index (χ0) is 24.7. The number of hydrogen-bond acceptors (Lipinski definition) is 7. The molecule has 0 spiro atoms. The number of nitrogens with one attached hydrogen (secondary N) is 1. The highest BCUT2D eigenvalue weighted by Crippen LogP contribution is 2.31. The summed E-state index contributed by atoms with van der Waals surface area (Å²) >= 11 is 3.38. The molecule has 3 rings (SSSR count). The van der Waals surface area contributed by atoms with Crippen molar-refractivity contribution >= 4 is 39.3 Å². The van der Waals surface area contributed by atoms with Gasteiger partial charge in [-0.25, -0.2) is 0 Å². The molecule has 0 unspecified atom stereocenters. The number of rotatable bonds is 8. The Labute approximate surface area is 203 Å². The number of nitro benzene ring substituents is 1. The van der Waals surface area contributed by atoms with Gasteiger partial charge in [-0.3, -0.25) is 14.9 Å². The van der Waals surface area contributed by atoms with Crippen molar-refractivity contribution in [3.63, 3.8) is 0 Å². The van der Waals surface area contributed by atoms with Crippen molar-refractivity contribution in [3.8, 4) is 23.3 Å². The first-order valence-corrected chi connectivity index (χ1v) is 10.6. The highest BCUT2D eigenvalue weighted by atomic mass is 79.9. The number of methoxy groups -OCH3 is 1. The molecule has 34 heavy (non-hydrogen) atoms. The summed E-state index contributed by atoms with van der Waals surface area (Å²) in [5, 5.41) is 32.5. The van der Waals surface area contributed by atoms with E-state index in [4.69, 9.17) is 9.47 Å². The molecule has 9 nitrogen and oxygen atoms in total. The predicted octanol–water partition coefficient (Wildman–Crippen LogP) is 5.20. The average Bonchev–Trinajstić information content (AvgIpc) is 2.83. The summed E-state index contributed by atoms with van der Waals surface area (Å²) in [6, 6.07) is 17.6. The second-order valence-corrected chi connectivity index (χ2v) is 7.82. The molecule has 0 saturated carbocycles. The highest BCUT2D eigenvalue weighted by Gasteiger charge is 2.15. The van der Waals surface area contributed by atoms with Crippen molar-refractivity contribution in [1.82, 2.24) is 0 Å².